The van der Waals surface area contributed by atoms with Crippen LogP contribution in [-0.2, 0) is 16.6 Å². The second-order valence-electron chi connectivity index (χ2n) is 7.54. The van der Waals surface area contributed by atoms with Crippen molar-refractivity contribution >= 4 is 10.0 Å². The first-order valence-corrected chi connectivity index (χ1v) is 11.6. The van der Waals surface area contributed by atoms with E-state index in [4.69, 9.17) is 9.47 Å². The Kier molecular flexibility index (Phi) is 6.40. The molecule has 0 saturated carbocycles. The second-order valence-corrected chi connectivity index (χ2v) is 9.45. The van der Waals surface area contributed by atoms with Crippen LogP contribution in [-0.4, -0.2) is 78.2 Å². The van der Waals surface area contributed by atoms with Gasteiger partial charge < -0.3 is 9.47 Å². The molecule has 11 heteroatoms. The minimum absolute atomic E-state index is 0.137. The molecule has 0 atom stereocenters. The van der Waals surface area contributed by atoms with Gasteiger partial charge in [0.2, 0.25) is 10.0 Å². The molecule has 0 radical (unpaired) electrons. The number of rotatable bonds is 7. The van der Waals surface area contributed by atoms with Crippen molar-refractivity contribution < 1.29 is 17.9 Å². The third-order valence-corrected chi connectivity index (χ3v) is 7.44. The van der Waals surface area contributed by atoms with Crippen molar-refractivity contribution in [3.8, 4) is 17.2 Å². The molecule has 1 aliphatic heterocycles. The molecule has 170 valence electrons. The van der Waals surface area contributed by atoms with Gasteiger partial charge in [-0.1, -0.05) is 17.7 Å². The monoisotopic (exact) mass is 458 g/mol. The van der Waals surface area contributed by atoms with E-state index in [0.29, 0.717) is 44.3 Å². The maximum atomic E-state index is 13.2. The van der Waals surface area contributed by atoms with Gasteiger partial charge in [-0.15, -0.1) is 5.10 Å². The fraction of sp³-hybridized carbons (Fsp3) is 0.381. The first-order chi connectivity index (χ1) is 15.4. The molecule has 0 unspecified atom stereocenters. The van der Waals surface area contributed by atoms with Gasteiger partial charge in [-0.25, -0.2) is 8.42 Å². The quantitative estimate of drug-likeness (QED) is 0.525. The predicted octanol–water partition coefficient (Wildman–Crippen LogP) is 1.49. The summed E-state index contributed by atoms with van der Waals surface area (Å²) >= 11 is 0. The van der Waals surface area contributed by atoms with Crippen LogP contribution in [0.25, 0.3) is 5.69 Å². The highest BCUT2D eigenvalue weighted by molar-refractivity contribution is 7.89. The molecule has 2 aromatic carbocycles. The predicted molar refractivity (Wildman–Crippen MR) is 117 cm³/mol. The van der Waals surface area contributed by atoms with E-state index in [0.717, 1.165) is 11.3 Å². The third kappa shape index (κ3) is 4.45. The van der Waals surface area contributed by atoms with Crippen LogP contribution in [0, 0.1) is 6.92 Å². The molecule has 1 aliphatic rings. The van der Waals surface area contributed by atoms with E-state index in [1.54, 1.807) is 16.8 Å². The number of sulfonamides is 1. The highest BCUT2D eigenvalue weighted by Gasteiger charge is 2.31. The lowest BCUT2D eigenvalue weighted by atomic mass is 10.2. The SMILES string of the molecule is COc1ccc(S(=O)(=O)N2CCN(Cc3nnnn3-c3ccc(C)cc3)CC2)c(OC)c1. The van der Waals surface area contributed by atoms with Crippen LogP contribution >= 0.6 is 0 Å². The number of aryl methyl sites for hydroxylation is 1. The summed E-state index contributed by atoms with van der Waals surface area (Å²) in [6.07, 6.45) is 0. The normalized spacial score (nSPS) is 15.6. The molecule has 1 fully saturated rings. The van der Waals surface area contributed by atoms with Crippen molar-refractivity contribution in [3.05, 3.63) is 53.9 Å². The summed E-state index contributed by atoms with van der Waals surface area (Å²) in [6.45, 7) is 4.42. The Morgan fingerprint density at radius 1 is 0.969 bits per heavy atom. The van der Waals surface area contributed by atoms with Crippen molar-refractivity contribution in [1.29, 1.82) is 0 Å². The van der Waals surface area contributed by atoms with E-state index in [1.807, 2.05) is 31.2 Å². The molecule has 0 amide bonds. The van der Waals surface area contributed by atoms with Crippen LogP contribution in [0.5, 0.6) is 11.5 Å². The number of aromatic nitrogens is 4. The summed E-state index contributed by atoms with van der Waals surface area (Å²) in [4.78, 5) is 2.28. The zero-order valence-electron chi connectivity index (χ0n) is 18.3. The van der Waals surface area contributed by atoms with Crippen LogP contribution in [0.3, 0.4) is 0 Å². The van der Waals surface area contributed by atoms with Gasteiger partial charge in [0.05, 0.1) is 26.5 Å². The summed E-state index contributed by atoms with van der Waals surface area (Å²) in [7, 11) is -0.716. The number of methoxy groups -OCH3 is 2. The molecule has 1 aromatic heterocycles. The molecular weight excluding hydrogens is 432 g/mol. The summed E-state index contributed by atoms with van der Waals surface area (Å²) in [5.74, 6) is 1.52. The van der Waals surface area contributed by atoms with E-state index in [2.05, 4.69) is 20.4 Å². The third-order valence-electron chi connectivity index (χ3n) is 5.50. The summed E-state index contributed by atoms with van der Waals surface area (Å²) in [5.41, 5.74) is 2.05. The summed E-state index contributed by atoms with van der Waals surface area (Å²) in [5, 5.41) is 12.1. The standard InChI is InChI=1S/C21H26N6O4S/c1-16-4-6-17(7-5-16)27-21(22-23-24-27)15-25-10-12-26(13-11-25)32(28,29)20-9-8-18(30-2)14-19(20)31-3/h4-9,14H,10-13,15H2,1-3H3. The molecule has 10 nitrogen and oxygen atoms in total. The van der Waals surface area contributed by atoms with E-state index in [9.17, 15) is 8.42 Å². The van der Waals surface area contributed by atoms with E-state index in [-0.39, 0.29) is 10.6 Å². The van der Waals surface area contributed by atoms with Crippen LogP contribution < -0.4 is 9.47 Å². The van der Waals surface area contributed by atoms with Gasteiger partial charge in [-0.2, -0.15) is 8.99 Å². The van der Waals surface area contributed by atoms with Crippen molar-refractivity contribution in [2.75, 3.05) is 40.4 Å². The van der Waals surface area contributed by atoms with E-state index >= 15 is 0 Å². The first kappa shape index (κ1) is 22.2. The average Bonchev–Trinajstić information content (AvgIpc) is 3.27. The number of benzene rings is 2. The Hall–Kier alpha value is -3.02. The fourth-order valence-corrected chi connectivity index (χ4v) is 5.20. The van der Waals surface area contributed by atoms with Gasteiger partial charge in [-0.05, 0) is 41.6 Å². The van der Waals surface area contributed by atoms with E-state index in [1.165, 1.54) is 24.6 Å². The first-order valence-electron chi connectivity index (χ1n) is 10.2. The molecule has 1 saturated heterocycles. The van der Waals surface area contributed by atoms with Crippen molar-refractivity contribution in [3.63, 3.8) is 0 Å². The largest absolute Gasteiger partial charge is 0.497 e. The Bertz CT molecular complexity index is 1170. The van der Waals surface area contributed by atoms with Gasteiger partial charge in [0.1, 0.15) is 16.4 Å². The van der Waals surface area contributed by atoms with Crippen LogP contribution in [0.15, 0.2) is 47.4 Å². The zero-order chi connectivity index (χ0) is 22.7. The topological polar surface area (TPSA) is 103 Å². The molecule has 32 heavy (non-hydrogen) atoms. The Balaban J connectivity index is 1.44. The number of tetrazole rings is 1. The molecule has 0 N–H and O–H groups in total. The lowest BCUT2D eigenvalue weighted by molar-refractivity contribution is 0.177. The number of piperazine rings is 1. The highest BCUT2D eigenvalue weighted by Crippen LogP contribution is 2.31. The fourth-order valence-electron chi connectivity index (χ4n) is 3.65. The number of hydrogen-bond donors (Lipinski definition) is 0. The highest BCUT2D eigenvalue weighted by atomic mass is 32.2. The molecule has 0 aliphatic carbocycles. The smallest absolute Gasteiger partial charge is 0.246 e. The number of ether oxygens (including phenoxy) is 2. The Labute approximate surface area is 187 Å². The van der Waals surface area contributed by atoms with Crippen LogP contribution in [0.4, 0.5) is 0 Å². The Morgan fingerprint density at radius 2 is 1.69 bits per heavy atom. The van der Waals surface area contributed by atoms with Gasteiger partial charge in [-0.3, -0.25) is 4.90 Å². The summed E-state index contributed by atoms with van der Waals surface area (Å²) < 4.78 is 40.1. The van der Waals surface area contributed by atoms with Gasteiger partial charge in [0, 0.05) is 32.2 Å². The minimum atomic E-state index is -3.69. The van der Waals surface area contributed by atoms with Gasteiger partial charge in [0.25, 0.3) is 0 Å². The molecule has 2 heterocycles. The number of nitrogens with zero attached hydrogens (tertiary/aromatic N) is 6. The lowest BCUT2D eigenvalue weighted by Gasteiger charge is -2.33. The maximum absolute atomic E-state index is 13.2. The molecule has 0 spiro atoms. The Morgan fingerprint density at radius 3 is 2.34 bits per heavy atom. The molecule has 4 rings (SSSR count). The maximum Gasteiger partial charge on any atom is 0.246 e. The molecular formula is C21H26N6O4S. The van der Waals surface area contributed by atoms with Crippen LogP contribution in [0.1, 0.15) is 11.4 Å². The molecule has 0 bridgehead atoms. The second kappa shape index (κ2) is 9.23. The average molecular weight is 459 g/mol. The van der Waals surface area contributed by atoms with E-state index < -0.39 is 10.0 Å². The van der Waals surface area contributed by atoms with Crippen molar-refractivity contribution in [2.24, 2.45) is 0 Å². The lowest BCUT2D eigenvalue weighted by Crippen LogP contribution is -2.48. The van der Waals surface area contributed by atoms with Crippen LogP contribution in [0.2, 0.25) is 0 Å². The zero-order valence-corrected chi connectivity index (χ0v) is 19.1. The summed E-state index contributed by atoms with van der Waals surface area (Å²) in [6, 6.07) is 12.7. The van der Waals surface area contributed by atoms with Gasteiger partial charge in [0.15, 0.2) is 5.82 Å². The van der Waals surface area contributed by atoms with Gasteiger partial charge >= 0.3 is 0 Å². The molecule has 3 aromatic rings. The minimum Gasteiger partial charge on any atom is -0.497 e. The number of hydrogen-bond acceptors (Lipinski definition) is 8. The van der Waals surface area contributed by atoms with Crippen molar-refractivity contribution in [1.82, 2.24) is 29.4 Å². The van der Waals surface area contributed by atoms with Crippen molar-refractivity contribution in [2.45, 2.75) is 18.4 Å².